The third-order valence-electron chi connectivity index (χ3n) is 4.88. The molecule has 0 saturated carbocycles. The van der Waals surface area contributed by atoms with Gasteiger partial charge >= 0.3 is 0 Å². The molecule has 0 spiro atoms. The van der Waals surface area contributed by atoms with Gasteiger partial charge in [0, 0.05) is 35.3 Å². The lowest BCUT2D eigenvalue weighted by atomic mass is 10.1. The predicted octanol–water partition coefficient (Wildman–Crippen LogP) is 6.79. The van der Waals surface area contributed by atoms with E-state index in [4.69, 9.17) is 20.4 Å². The molecule has 1 aromatic carbocycles. The smallest absolute Gasteiger partial charge is 0.239 e. The van der Waals surface area contributed by atoms with E-state index in [1.807, 2.05) is 52.1 Å². The number of nitrogens with zero attached hydrogens (tertiary/aromatic N) is 3. The lowest BCUT2D eigenvalue weighted by Crippen LogP contribution is -2.36. The summed E-state index contributed by atoms with van der Waals surface area (Å²) in [4.78, 5) is 23.4. The van der Waals surface area contributed by atoms with Gasteiger partial charge in [-0.25, -0.2) is 9.97 Å². The lowest BCUT2D eigenvalue weighted by Gasteiger charge is -2.15. The number of benzene rings is 1. The average molecular weight is 542 g/mol. The molecule has 0 saturated heterocycles. The van der Waals surface area contributed by atoms with Crippen LogP contribution in [0.1, 0.15) is 46.1 Å². The van der Waals surface area contributed by atoms with Gasteiger partial charge in [-0.05, 0) is 50.2 Å². The summed E-state index contributed by atoms with van der Waals surface area (Å²) < 4.78 is 10.9. The fourth-order valence-corrected chi connectivity index (χ4v) is 3.49. The molecule has 0 bridgehead atoms. The zero-order valence-corrected chi connectivity index (χ0v) is 24.2. The second kappa shape index (κ2) is 15.8. The second-order valence-corrected chi connectivity index (χ2v) is 9.70. The Bertz CT molecular complexity index is 1250. The van der Waals surface area contributed by atoms with Crippen molar-refractivity contribution in [3.63, 3.8) is 0 Å². The van der Waals surface area contributed by atoms with E-state index in [2.05, 4.69) is 46.3 Å². The normalized spacial score (nSPS) is 10.6. The highest BCUT2D eigenvalue weighted by molar-refractivity contribution is 6.31. The first-order chi connectivity index (χ1) is 18.2. The Hall–Kier alpha value is -3.36. The van der Waals surface area contributed by atoms with Crippen molar-refractivity contribution in [1.82, 2.24) is 20.2 Å². The van der Waals surface area contributed by atoms with Crippen LogP contribution in [0.15, 0.2) is 57.8 Å². The first kappa shape index (κ1) is 30.9. The summed E-state index contributed by atoms with van der Waals surface area (Å²) in [5.41, 5.74) is 2.23. The van der Waals surface area contributed by atoms with Crippen LogP contribution in [0.3, 0.4) is 0 Å². The molecule has 0 aliphatic heterocycles. The first-order valence-electron chi connectivity index (χ1n) is 13.0. The van der Waals surface area contributed by atoms with Gasteiger partial charge in [-0.15, -0.1) is 0 Å². The Balaban J connectivity index is 0.000000773. The predicted molar refractivity (Wildman–Crippen MR) is 155 cm³/mol. The van der Waals surface area contributed by atoms with Gasteiger partial charge in [0.2, 0.25) is 5.91 Å². The number of hydrogen-bond donors (Lipinski definition) is 2. The number of hydrogen-bond acceptors (Lipinski definition) is 7. The molecule has 4 rings (SSSR count). The lowest BCUT2D eigenvalue weighted by molar-refractivity contribution is -0.119. The topological polar surface area (TPSA) is 96.4 Å². The van der Waals surface area contributed by atoms with E-state index >= 15 is 0 Å². The number of aryl methyl sites for hydroxylation is 1. The van der Waals surface area contributed by atoms with Crippen molar-refractivity contribution >= 4 is 34.3 Å². The molecule has 8 nitrogen and oxygen atoms in total. The van der Waals surface area contributed by atoms with Crippen molar-refractivity contribution < 1.29 is 13.6 Å². The number of rotatable bonds is 9. The summed E-state index contributed by atoms with van der Waals surface area (Å²) in [7, 11) is 1.98. The maximum Gasteiger partial charge on any atom is 0.239 e. The Morgan fingerprint density at radius 1 is 1.11 bits per heavy atom. The number of aromatic nitrogens is 2. The van der Waals surface area contributed by atoms with Gasteiger partial charge in [-0.3, -0.25) is 9.69 Å². The Morgan fingerprint density at radius 3 is 2.53 bits per heavy atom. The van der Waals surface area contributed by atoms with Crippen LogP contribution >= 0.6 is 11.6 Å². The summed E-state index contributed by atoms with van der Waals surface area (Å²) in [5, 5.41) is 7.42. The van der Waals surface area contributed by atoms with Crippen LogP contribution in [0.5, 0.6) is 0 Å². The van der Waals surface area contributed by atoms with E-state index in [0.29, 0.717) is 41.9 Å². The Morgan fingerprint density at radius 2 is 1.84 bits per heavy atom. The Labute approximate surface area is 230 Å². The Kier molecular flexibility index (Phi) is 12.8. The number of halogens is 1. The second-order valence-electron chi connectivity index (χ2n) is 9.26. The number of amides is 1. The monoisotopic (exact) mass is 541 g/mol. The summed E-state index contributed by atoms with van der Waals surface area (Å²) in [6, 6.07) is 11.0. The van der Waals surface area contributed by atoms with Gasteiger partial charge < -0.3 is 19.5 Å². The van der Waals surface area contributed by atoms with Gasteiger partial charge in [0.25, 0.3) is 0 Å². The number of anilines is 1. The number of fused-ring (bicyclic) bond motifs is 1. The molecule has 4 aromatic rings. The van der Waals surface area contributed by atoms with Crippen LogP contribution < -0.4 is 10.6 Å². The molecule has 0 aliphatic rings. The summed E-state index contributed by atoms with van der Waals surface area (Å²) in [6.45, 7) is 14.4. The van der Waals surface area contributed by atoms with Gasteiger partial charge in [0.05, 0.1) is 24.9 Å². The van der Waals surface area contributed by atoms with Gasteiger partial charge in [-0.1, -0.05) is 46.2 Å². The molecule has 0 fully saturated rings. The molecule has 0 unspecified atom stereocenters. The van der Waals surface area contributed by atoms with Gasteiger partial charge in [-0.2, -0.15) is 0 Å². The molecule has 3 aromatic heterocycles. The molecule has 206 valence electrons. The average Bonchev–Trinajstić information content (AvgIpc) is 3.53. The van der Waals surface area contributed by atoms with E-state index in [1.165, 1.54) is 0 Å². The molecule has 38 heavy (non-hydrogen) atoms. The zero-order chi connectivity index (χ0) is 28.1. The number of nitrogens with one attached hydrogen (secondary N) is 2. The van der Waals surface area contributed by atoms with Crippen LogP contribution in [0.4, 0.5) is 5.82 Å². The molecule has 3 heterocycles. The third kappa shape index (κ3) is 10.2. The van der Waals surface area contributed by atoms with Gasteiger partial charge in [0.1, 0.15) is 23.4 Å². The molecular weight excluding hydrogens is 502 g/mol. The maximum atomic E-state index is 12.2. The van der Waals surface area contributed by atoms with E-state index in [-0.39, 0.29) is 12.5 Å². The van der Waals surface area contributed by atoms with Crippen molar-refractivity contribution in [3.05, 3.63) is 65.4 Å². The molecular formula is C29H40ClN5O3. The van der Waals surface area contributed by atoms with Crippen LogP contribution in [-0.2, 0) is 11.3 Å². The van der Waals surface area contributed by atoms with E-state index in [9.17, 15) is 4.79 Å². The van der Waals surface area contributed by atoms with Crippen molar-refractivity contribution in [2.45, 2.75) is 48.1 Å². The highest BCUT2D eigenvalue weighted by Crippen LogP contribution is 2.31. The van der Waals surface area contributed by atoms with E-state index < -0.39 is 0 Å². The number of furan rings is 2. The molecule has 9 heteroatoms. The summed E-state index contributed by atoms with van der Waals surface area (Å²) >= 11 is 6.13. The number of carbonyl (C=O) groups excluding carboxylic acids is 1. The third-order valence-corrected chi connectivity index (χ3v) is 5.12. The molecule has 0 atom stereocenters. The van der Waals surface area contributed by atoms with Crippen molar-refractivity contribution in [3.8, 4) is 11.4 Å². The van der Waals surface area contributed by atoms with Crippen molar-refractivity contribution in [1.29, 1.82) is 0 Å². The molecule has 0 radical (unpaired) electrons. The van der Waals surface area contributed by atoms with Crippen LogP contribution in [-0.4, -0.2) is 47.5 Å². The molecule has 2 N–H and O–H groups in total. The van der Waals surface area contributed by atoms with Crippen molar-refractivity contribution in [2.24, 2.45) is 5.92 Å². The fourth-order valence-electron chi connectivity index (χ4n) is 3.32. The standard InChI is InChI=1S/C23H24ClN5O3.C4H10.C2H6/c1-15-10-21(26-12-22(30)25-7-8-29(2)13-17-4-3-9-31-17)28-23(27-15)19-14-32-20-6-5-16(24)11-18(19)20;1-4(2)3;1-2/h3-6,9-11,14H,7-8,12-13H2,1-2H3,(H,25,30)(H,26,27,28);4H,1-3H3;1-2H3. The quantitative estimate of drug-likeness (QED) is 0.240. The van der Waals surface area contributed by atoms with E-state index in [1.54, 1.807) is 24.7 Å². The maximum absolute atomic E-state index is 12.2. The van der Waals surface area contributed by atoms with Crippen LogP contribution in [0.2, 0.25) is 5.02 Å². The number of carbonyl (C=O) groups is 1. The van der Waals surface area contributed by atoms with Crippen LogP contribution in [0, 0.1) is 12.8 Å². The summed E-state index contributed by atoms with van der Waals surface area (Å²) in [6.07, 6.45) is 3.27. The minimum absolute atomic E-state index is 0.107. The molecule has 1 amide bonds. The molecule has 0 aliphatic carbocycles. The summed E-state index contributed by atoms with van der Waals surface area (Å²) in [5.74, 6) is 2.68. The minimum atomic E-state index is -0.116. The first-order valence-corrected chi connectivity index (χ1v) is 13.3. The largest absolute Gasteiger partial charge is 0.468 e. The highest BCUT2D eigenvalue weighted by Gasteiger charge is 2.13. The van der Waals surface area contributed by atoms with E-state index in [0.717, 1.165) is 28.3 Å². The van der Waals surface area contributed by atoms with Crippen LogP contribution in [0.25, 0.3) is 22.4 Å². The highest BCUT2D eigenvalue weighted by atomic mass is 35.5. The minimum Gasteiger partial charge on any atom is -0.468 e. The van der Waals surface area contributed by atoms with Crippen molar-refractivity contribution in [2.75, 3.05) is 32.0 Å². The van der Waals surface area contributed by atoms with Gasteiger partial charge in [0.15, 0.2) is 5.82 Å². The fraction of sp³-hybridized carbons (Fsp3) is 0.414. The SMILES string of the molecule is CC.CC(C)C.Cc1cc(NCC(=O)NCCN(C)Cc2ccco2)nc(-c2coc3ccc(Cl)cc23)n1. The zero-order valence-electron chi connectivity index (χ0n) is 23.5. The number of likely N-dealkylation sites (N-methyl/N-ethyl adjacent to an activating group) is 1.